The maximum absolute atomic E-state index is 14.6. The fraction of sp³-hybridized carbons (Fsp3) is 0.297. The van der Waals surface area contributed by atoms with Crippen molar-refractivity contribution < 1.29 is 18.0 Å². The molecule has 0 aromatic heterocycles. The maximum atomic E-state index is 14.6. The number of nitrogens with zero attached hydrogens (tertiary/aromatic N) is 2. The average Bonchev–Trinajstić information content (AvgIpc) is 3.03. The molecule has 0 fully saturated rings. The molecule has 46 heavy (non-hydrogen) atoms. The standard InChI is InChI=1S/C37H42BrN3O4S/c1-5-6-22-39-37(43)35(24-30-10-8-7-9-11-30)40(25-31-15-17-32(38)18-16-31)36(42)26-41(34-21-14-28(3)23-29(34)4)46(44,45)33-19-12-27(2)13-20-33/h7-21,23,35H,5-6,22,24-26H2,1-4H3,(H,39,43)/t35-/m0/s1. The number of halogens is 1. The Kier molecular flexibility index (Phi) is 12.2. The van der Waals surface area contributed by atoms with Crippen molar-refractivity contribution in [3.63, 3.8) is 0 Å². The van der Waals surface area contributed by atoms with Crippen LogP contribution in [0.5, 0.6) is 0 Å². The van der Waals surface area contributed by atoms with Crippen molar-refractivity contribution in [3.05, 3.63) is 129 Å². The molecule has 0 saturated heterocycles. The Balaban J connectivity index is 1.81. The summed E-state index contributed by atoms with van der Waals surface area (Å²) >= 11 is 3.47. The van der Waals surface area contributed by atoms with Crippen LogP contribution in [-0.2, 0) is 32.6 Å². The van der Waals surface area contributed by atoms with Crippen LogP contribution in [0.1, 0.15) is 47.6 Å². The molecule has 2 amide bonds. The van der Waals surface area contributed by atoms with E-state index in [1.807, 2.05) is 94.4 Å². The van der Waals surface area contributed by atoms with Gasteiger partial charge in [-0.3, -0.25) is 13.9 Å². The highest BCUT2D eigenvalue weighted by molar-refractivity contribution is 9.10. The first kappa shape index (κ1) is 34.9. The minimum Gasteiger partial charge on any atom is -0.354 e. The molecule has 0 bridgehead atoms. The van der Waals surface area contributed by atoms with Crippen LogP contribution in [0, 0.1) is 20.8 Å². The van der Waals surface area contributed by atoms with Gasteiger partial charge < -0.3 is 10.2 Å². The minimum atomic E-state index is -4.16. The fourth-order valence-corrected chi connectivity index (χ4v) is 7.03. The van der Waals surface area contributed by atoms with Crippen LogP contribution < -0.4 is 9.62 Å². The van der Waals surface area contributed by atoms with Crippen molar-refractivity contribution in [2.75, 3.05) is 17.4 Å². The quantitative estimate of drug-likeness (QED) is 0.142. The Hall–Kier alpha value is -3.95. The molecule has 0 saturated carbocycles. The van der Waals surface area contributed by atoms with Crippen LogP contribution in [0.4, 0.5) is 5.69 Å². The van der Waals surface area contributed by atoms with Crippen molar-refractivity contribution in [2.45, 2.75) is 64.4 Å². The number of anilines is 1. The molecular formula is C37H42BrN3O4S. The summed E-state index contributed by atoms with van der Waals surface area (Å²) in [5, 5.41) is 3.02. The first-order chi connectivity index (χ1) is 22.0. The maximum Gasteiger partial charge on any atom is 0.264 e. The number of unbranched alkanes of at least 4 members (excludes halogenated alkanes) is 1. The Labute approximate surface area is 281 Å². The van der Waals surface area contributed by atoms with E-state index in [0.29, 0.717) is 12.2 Å². The highest BCUT2D eigenvalue weighted by atomic mass is 79.9. The number of sulfonamides is 1. The fourth-order valence-electron chi connectivity index (χ4n) is 5.28. The van der Waals surface area contributed by atoms with Crippen LogP contribution >= 0.6 is 15.9 Å². The van der Waals surface area contributed by atoms with Gasteiger partial charge in [0.25, 0.3) is 10.0 Å². The largest absolute Gasteiger partial charge is 0.354 e. The number of carbonyl (C=O) groups excluding carboxylic acids is 2. The van der Waals surface area contributed by atoms with E-state index < -0.39 is 28.5 Å². The van der Waals surface area contributed by atoms with E-state index in [-0.39, 0.29) is 23.8 Å². The Morgan fingerprint density at radius 2 is 1.48 bits per heavy atom. The topological polar surface area (TPSA) is 86.8 Å². The molecule has 1 N–H and O–H groups in total. The summed E-state index contributed by atoms with van der Waals surface area (Å²) in [7, 11) is -4.16. The van der Waals surface area contributed by atoms with E-state index in [9.17, 15) is 18.0 Å². The van der Waals surface area contributed by atoms with Gasteiger partial charge in [-0.1, -0.05) is 107 Å². The SMILES string of the molecule is CCCCNC(=O)[C@H](Cc1ccccc1)N(Cc1ccc(Br)cc1)C(=O)CN(c1ccc(C)cc1C)S(=O)(=O)c1ccc(C)cc1. The van der Waals surface area contributed by atoms with E-state index in [1.165, 1.54) is 9.21 Å². The number of nitrogens with one attached hydrogen (secondary N) is 1. The van der Waals surface area contributed by atoms with E-state index in [0.717, 1.165) is 45.1 Å². The third-order valence-corrected chi connectivity index (χ3v) is 10.2. The second-order valence-corrected chi connectivity index (χ2v) is 14.4. The van der Waals surface area contributed by atoms with E-state index >= 15 is 0 Å². The van der Waals surface area contributed by atoms with Gasteiger partial charge in [0.2, 0.25) is 11.8 Å². The Morgan fingerprint density at radius 3 is 2.11 bits per heavy atom. The van der Waals surface area contributed by atoms with Gasteiger partial charge in [0.05, 0.1) is 10.6 Å². The van der Waals surface area contributed by atoms with Crippen molar-refractivity contribution in [1.29, 1.82) is 0 Å². The van der Waals surface area contributed by atoms with Crippen molar-refractivity contribution in [1.82, 2.24) is 10.2 Å². The van der Waals surface area contributed by atoms with E-state index in [2.05, 4.69) is 21.2 Å². The molecule has 4 aromatic carbocycles. The molecule has 1 atom stereocenters. The highest BCUT2D eigenvalue weighted by Crippen LogP contribution is 2.29. The Morgan fingerprint density at radius 1 is 0.826 bits per heavy atom. The molecule has 0 aliphatic carbocycles. The van der Waals surface area contributed by atoms with Gasteiger partial charge in [-0.05, 0) is 74.2 Å². The minimum absolute atomic E-state index is 0.0866. The van der Waals surface area contributed by atoms with E-state index in [4.69, 9.17) is 0 Å². The number of hydrogen-bond donors (Lipinski definition) is 1. The molecular weight excluding hydrogens is 662 g/mol. The zero-order valence-electron chi connectivity index (χ0n) is 26.9. The van der Waals surface area contributed by atoms with Gasteiger partial charge in [-0.2, -0.15) is 0 Å². The summed E-state index contributed by atoms with van der Waals surface area (Å²) in [4.78, 5) is 30.1. The Bertz CT molecular complexity index is 1730. The number of amides is 2. The number of aryl methyl sites for hydroxylation is 3. The van der Waals surface area contributed by atoms with Gasteiger partial charge in [-0.15, -0.1) is 0 Å². The van der Waals surface area contributed by atoms with Gasteiger partial charge in [-0.25, -0.2) is 8.42 Å². The molecule has 242 valence electrons. The molecule has 0 aliphatic rings. The molecule has 4 rings (SSSR count). The third kappa shape index (κ3) is 9.07. The highest BCUT2D eigenvalue weighted by Gasteiger charge is 2.35. The van der Waals surface area contributed by atoms with Crippen LogP contribution in [0.2, 0.25) is 0 Å². The number of benzene rings is 4. The smallest absolute Gasteiger partial charge is 0.264 e. The van der Waals surface area contributed by atoms with E-state index in [1.54, 1.807) is 30.3 Å². The molecule has 4 aromatic rings. The van der Waals surface area contributed by atoms with Crippen molar-refractivity contribution in [3.8, 4) is 0 Å². The molecule has 0 heterocycles. The number of rotatable bonds is 14. The predicted octanol–water partition coefficient (Wildman–Crippen LogP) is 7.13. The lowest BCUT2D eigenvalue weighted by molar-refractivity contribution is -0.140. The lowest BCUT2D eigenvalue weighted by Crippen LogP contribution is -2.53. The molecule has 7 nitrogen and oxygen atoms in total. The van der Waals surface area contributed by atoms with Gasteiger partial charge in [0.1, 0.15) is 12.6 Å². The molecule has 0 spiro atoms. The zero-order chi connectivity index (χ0) is 33.3. The monoisotopic (exact) mass is 703 g/mol. The van der Waals surface area contributed by atoms with Gasteiger partial charge >= 0.3 is 0 Å². The lowest BCUT2D eigenvalue weighted by Gasteiger charge is -2.34. The number of carbonyl (C=O) groups is 2. The van der Waals surface area contributed by atoms with Crippen LogP contribution in [0.3, 0.4) is 0 Å². The average molecular weight is 705 g/mol. The summed E-state index contributed by atoms with van der Waals surface area (Å²) in [6.07, 6.45) is 1.99. The normalized spacial score (nSPS) is 11.9. The third-order valence-electron chi connectivity index (χ3n) is 7.88. The summed E-state index contributed by atoms with van der Waals surface area (Å²) in [5.41, 5.74) is 4.74. The van der Waals surface area contributed by atoms with Gasteiger partial charge in [0, 0.05) is 24.0 Å². The first-order valence-electron chi connectivity index (χ1n) is 15.5. The van der Waals surface area contributed by atoms with Crippen molar-refractivity contribution in [2.24, 2.45) is 0 Å². The lowest BCUT2D eigenvalue weighted by atomic mass is 10.0. The van der Waals surface area contributed by atoms with Crippen LogP contribution in [-0.4, -0.2) is 44.3 Å². The zero-order valence-corrected chi connectivity index (χ0v) is 29.3. The van der Waals surface area contributed by atoms with Crippen LogP contribution in [0.15, 0.2) is 106 Å². The van der Waals surface area contributed by atoms with Crippen molar-refractivity contribution >= 4 is 43.5 Å². The number of hydrogen-bond acceptors (Lipinski definition) is 4. The predicted molar refractivity (Wildman–Crippen MR) is 188 cm³/mol. The summed E-state index contributed by atoms with van der Waals surface area (Å²) in [6.45, 7) is 7.83. The first-order valence-corrected chi connectivity index (χ1v) is 17.7. The summed E-state index contributed by atoms with van der Waals surface area (Å²) in [6, 6.07) is 28.3. The summed E-state index contributed by atoms with van der Waals surface area (Å²) in [5.74, 6) is -0.757. The molecule has 0 aliphatic heterocycles. The van der Waals surface area contributed by atoms with Gasteiger partial charge in [0.15, 0.2) is 0 Å². The second kappa shape index (κ2) is 16.1. The summed E-state index contributed by atoms with van der Waals surface area (Å²) < 4.78 is 30.6. The van der Waals surface area contributed by atoms with Crippen LogP contribution in [0.25, 0.3) is 0 Å². The second-order valence-electron chi connectivity index (χ2n) is 11.6. The molecule has 0 unspecified atom stereocenters. The molecule has 0 radical (unpaired) electrons. The molecule has 9 heteroatoms.